The van der Waals surface area contributed by atoms with Crippen molar-refractivity contribution in [3.63, 3.8) is 0 Å². The van der Waals surface area contributed by atoms with E-state index in [1.807, 2.05) is 0 Å². The zero-order valence-corrected chi connectivity index (χ0v) is 10.9. The number of hydrogen-bond donors (Lipinski definition) is 0. The molecule has 0 amide bonds. The van der Waals surface area contributed by atoms with E-state index in [-0.39, 0.29) is 0 Å². The topological polar surface area (TPSA) is 0 Å². The van der Waals surface area contributed by atoms with E-state index in [0.29, 0.717) is 0 Å². The van der Waals surface area contributed by atoms with Crippen molar-refractivity contribution in [2.75, 3.05) is 0 Å². The Morgan fingerprint density at radius 2 is 1.62 bits per heavy atom. The predicted octanol–water partition coefficient (Wildman–Crippen LogP) is 3.76. The van der Waals surface area contributed by atoms with Gasteiger partial charge in [-0.1, -0.05) is 49.9 Å². The van der Waals surface area contributed by atoms with Crippen molar-refractivity contribution in [1.29, 1.82) is 0 Å². The molecular weight excluding hydrogens is 191 g/mol. The first kappa shape index (κ1) is 12.0. The van der Waals surface area contributed by atoms with E-state index in [0.717, 1.165) is 23.6 Å². The van der Waals surface area contributed by atoms with Gasteiger partial charge in [-0.2, -0.15) is 0 Å². The Morgan fingerprint density at radius 1 is 0.938 bits per heavy atom. The molecule has 0 aromatic rings. The molecule has 0 heterocycles. The fourth-order valence-electron chi connectivity index (χ4n) is 3.20. The lowest BCUT2D eigenvalue weighted by Gasteiger charge is -2.30. The monoisotopic (exact) mass is 216 g/mol. The van der Waals surface area contributed by atoms with E-state index in [1.54, 1.807) is 0 Å². The molecule has 4 unspecified atom stereocenters. The van der Waals surface area contributed by atoms with Gasteiger partial charge >= 0.3 is 0 Å². The van der Waals surface area contributed by atoms with Crippen molar-refractivity contribution in [1.82, 2.24) is 0 Å². The molecule has 0 nitrogen and oxygen atoms in total. The molecule has 0 N–H and O–H groups in total. The summed E-state index contributed by atoms with van der Waals surface area (Å²) < 4.78 is 0. The summed E-state index contributed by atoms with van der Waals surface area (Å²) in [6.07, 6.45) is 18.3. The van der Waals surface area contributed by atoms with Crippen LogP contribution in [0.2, 0.25) is 5.82 Å². The fourth-order valence-corrected chi connectivity index (χ4v) is 3.20. The van der Waals surface area contributed by atoms with Crippen molar-refractivity contribution in [3.8, 4) is 0 Å². The molecular formula is C15H25B. The molecule has 0 aromatic heterocycles. The Labute approximate surface area is 102 Å². The van der Waals surface area contributed by atoms with Crippen LogP contribution in [0.4, 0.5) is 0 Å². The average Bonchev–Trinajstić information content (AvgIpc) is 2.32. The van der Waals surface area contributed by atoms with Crippen LogP contribution in [0.1, 0.15) is 45.4 Å². The Morgan fingerprint density at radius 3 is 2.12 bits per heavy atom. The molecule has 88 valence electrons. The van der Waals surface area contributed by atoms with Crippen LogP contribution in [-0.4, -0.2) is 7.85 Å². The molecule has 0 spiro atoms. The third kappa shape index (κ3) is 3.03. The van der Waals surface area contributed by atoms with Gasteiger partial charge in [-0.05, 0) is 43.4 Å². The molecule has 0 fully saturated rings. The second-order valence-electron chi connectivity index (χ2n) is 5.78. The van der Waals surface area contributed by atoms with Gasteiger partial charge in [0, 0.05) is 0 Å². The van der Waals surface area contributed by atoms with Gasteiger partial charge in [0.05, 0.1) is 0 Å². The second-order valence-corrected chi connectivity index (χ2v) is 5.78. The van der Waals surface area contributed by atoms with Crippen LogP contribution in [0, 0.1) is 17.8 Å². The zero-order valence-electron chi connectivity index (χ0n) is 10.9. The zero-order chi connectivity index (χ0) is 11.4. The maximum Gasteiger partial charge on any atom is 0.110 e. The fraction of sp³-hybridized carbons (Fsp3) is 0.733. The SMILES string of the molecule is BC1C=CC(C2C=CC(CCC)CC2)CC1. The minimum Gasteiger partial charge on any atom is -0.0931 e. The molecule has 1 heteroatoms. The van der Waals surface area contributed by atoms with Gasteiger partial charge in [0.1, 0.15) is 7.85 Å². The highest BCUT2D eigenvalue weighted by Gasteiger charge is 2.23. The second kappa shape index (κ2) is 5.75. The first-order valence-corrected chi connectivity index (χ1v) is 7.16. The van der Waals surface area contributed by atoms with Gasteiger partial charge in [-0.15, -0.1) is 0 Å². The van der Waals surface area contributed by atoms with E-state index in [4.69, 9.17) is 0 Å². The lowest BCUT2D eigenvalue weighted by Crippen LogP contribution is -2.18. The summed E-state index contributed by atoms with van der Waals surface area (Å²) in [7, 11) is 2.33. The van der Waals surface area contributed by atoms with Crippen LogP contribution in [0.25, 0.3) is 0 Å². The lowest BCUT2D eigenvalue weighted by atomic mass is 9.71. The molecule has 0 radical (unpaired) electrons. The average molecular weight is 216 g/mol. The summed E-state index contributed by atoms with van der Waals surface area (Å²) in [6, 6.07) is 0. The van der Waals surface area contributed by atoms with Crippen molar-refractivity contribution in [2.45, 2.75) is 51.3 Å². The Hall–Kier alpha value is -0.455. The van der Waals surface area contributed by atoms with Crippen molar-refractivity contribution in [2.24, 2.45) is 17.8 Å². The summed E-state index contributed by atoms with van der Waals surface area (Å²) in [5.74, 6) is 3.39. The third-order valence-electron chi connectivity index (χ3n) is 4.35. The molecule has 2 aliphatic rings. The summed E-state index contributed by atoms with van der Waals surface area (Å²) in [5.41, 5.74) is 0. The smallest absolute Gasteiger partial charge is 0.0931 e. The molecule has 0 saturated heterocycles. The van der Waals surface area contributed by atoms with Crippen molar-refractivity contribution >= 4 is 7.85 Å². The van der Waals surface area contributed by atoms with E-state index in [1.165, 1.54) is 38.5 Å². The highest BCUT2D eigenvalue weighted by Crippen LogP contribution is 2.36. The normalized spacial score (nSPS) is 38.8. The summed E-state index contributed by atoms with van der Waals surface area (Å²) >= 11 is 0. The van der Waals surface area contributed by atoms with Gasteiger partial charge < -0.3 is 0 Å². The van der Waals surface area contributed by atoms with Gasteiger partial charge in [-0.3, -0.25) is 0 Å². The molecule has 4 atom stereocenters. The Balaban J connectivity index is 1.88. The predicted molar refractivity (Wildman–Crippen MR) is 74.4 cm³/mol. The summed E-state index contributed by atoms with van der Waals surface area (Å²) in [5, 5.41) is 0. The van der Waals surface area contributed by atoms with Crippen LogP contribution >= 0.6 is 0 Å². The highest BCUT2D eigenvalue weighted by molar-refractivity contribution is 6.12. The maximum atomic E-state index is 2.52. The molecule has 0 aromatic carbocycles. The Kier molecular flexibility index (Phi) is 4.32. The molecule has 0 bridgehead atoms. The van der Waals surface area contributed by atoms with Gasteiger partial charge in [0.2, 0.25) is 0 Å². The van der Waals surface area contributed by atoms with E-state index in [9.17, 15) is 0 Å². The largest absolute Gasteiger partial charge is 0.110 e. The van der Waals surface area contributed by atoms with Crippen LogP contribution < -0.4 is 0 Å². The van der Waals surface area contributed by atoms with Gasteiger partial charge in [0.25, 0.3) is 0 Å². The Bertz CT molecular complexity index is 267. The molecule has 16 heavy (non-hydrogen) atoms. The minimum atomic E-state index is 0.816. The van der Waals surface area contributed by atoms with Gasteiger partial charge in [-0.25, -0.2) is 0 Å². The number of hydrogen-bond acceptors (Lipinski definition) is 0. The van der Waals surface area contributed by atoms with Crippen LogP contribution in [0.15, 0.2) is 24.3 Å². The number of allylic oxidation sites excluding steroid dienone is 4. The third-order valence-corrected chi connectivity index (χ3v) is 4.35. The molecule has 2 aliphatic carbocycles. The van der Waals surface area contributed by atoms with Crippen LogP contribution in [-0.2, 0) is 0 Å². The lowest BCUT2D eigenvalue weighted by molar-refractivity contribution is 0.346. The van der Waals surface area contributed by atoms with E-state index >= 15 is 0 Å². The summed E-state index contributed by atoms with van der Waals surface area (Å²) in [4.78, 5) is 0. The quantitative estimate of drug-likeness (QED) is 0.497. The van der Waals surface area contributed by atoms with Crippen molar-refractivity contribution < 1.29 is 0 Å². The van der Waals surface area contributed by atoms with E-state index < -0.39 is 0 Å². The standard InChI is InChI=1S/C15H25B/c1-2-3-12-4-6-13(7-5-12)14-8-10-15(16)11-9-14/h4,6,8,10,12-15H,2-3,5,7,9,11,16H2,1H3. The molecule has 0 saturated carbocycles. The van der Waals surface area contributed by atoms with Gasteiger partial charge in [0.15, 0.2) is 0 Å². The van der Waals surface area contributed by atoms with E-state index in [2.05, 4.69) is 39.1 Å². The van der Waals surface area contributed by atoms with Crippen LogP contribution in [0.5, 0.6) is 0 Å². The van der Waals surface area contributed by atoms with Crippen LogP contribution in [0.3, 0.4) is 0 Å². The highest BCUT2D eigenvalue weighted by atomic mass is 14.3. The number of rotatable bonds is 3. The summed E-state index contributed by atoms with van der Waals surface area (Å²) in [6.45, 7) is 2.30. The molecule has 2 rings (SSSR count). The maximum absolute atomic E-state index is 2.52. The molecule has 0 aliphatic heterocycles. The first-order valence-electron chi connectivity index (χ1n) is 7.16. The first-order chi connectivity index (χ1) is 7.79. The minimum absolute atomic E-state index is 0.816. The van der Waals surface area contributed by atoms with Crippen molar-refractivity contribution in [3.05, 3.63) is 24.3 Å².